The van der Waals surface area contributed by atoms with Crippen LogP contribution in [0.3, 0.4) is 0 Å². The number of aromatic nitrogens is 3. The van der Waals surface area contributed by atoms with Gasteiger partial charge in [-0.3, -0.25) is 14.6 Å². The molecular weight excluding hydrogens is 532 g/mol. The fourth-order valence-electron chi connectivity index (χ4n) is 4.74. The minimum absolute atomic E-state index is 0.0493. The van der Waals surface area contributed by atoms with E-state index in [9.17, 15) is 14.7 Å². The molecule has 0 unspecified atom stereocenters. The molecule has 2 amide bonds. The second kappa shape index (κ2) is 11.9. The highest BCUT2D eigenvalue weighted by atomic mass is 16.5. The first-order valence-electron chi connectivity index (χ1n) is 13.7. The molecule has 1 fully saturated rings. The van der Waals surface area contributed by atoms with E-state index in [1.54, 1.807) is 55.8 Å². The van der Waals surface area contributed by atoms with Gasteiger partial charge in [-0.1, -0.05) is 26.8 Å². The third-order valence-corrected chi connectivity index (χ3v) is 7.23. The standard InChI is InChI=1S/C32H34N6O4/c1-32(2,3)24-16-21(23-18-26(39)20-33-19-23)15-22(17-24)31(41)38-13-11-37(12-14-38)29-10-9-28(35-36-29)30(40)34-25-5-7-27(42-4)8-6-25/h5-10,15-20,39H,11-14H2,1-4H3,(H,34,40). The number of nitrogens with one attached hydrogen (secondary N) is 1. The predicted octanol–water partition coefficient (Wildman–Crippen LogP) is 4.77. The summed E-state index contributed by atoms with van der Waals surface area (Å²) in [6.07, 6.45) is 3.07. The van der Waals surface area contributed by atoms with E-state index in [1.807, 2.05) is 23.1 Å². The molecule has 5 rings (SSSR count). The number of carbonyl (C=O) groups excluding carboxylic acids is 2. The highest BCUT2D eigenvalue weighted by Crippen LogP contribution is 2.31. The summed E-state index contributed by atoms with van der Waals surface area (Å²) < 4.78 is 5.14. The number of piperazine rings is 1. The van der Waals surface area contributed by atoms with Crippen molar-refractivity contribution >= 4 is 23.3 Å². The maximum absolute atomic E-state index is 13.6. The number of methoxy groups -OCH3 is 1. The van der Waals surface area contributed by atoms with Crippen molar-refractivity contribution in [1.82, 2.24) is 20.1 Å². The first-order valence-corrected chi connectivity index (χ1v) is 13.7. The first kappa shape index (κ1) is 28.5. The summed E-state index contributed by atoms with van der Waals surface area (Å²) in [5.74, 6) is 1.02. The molecule has 1 aliphatic rings. The molecule has 0 saturated carbocycles. The van der Waals surface area contributed by atoms with Crippen LogP contribution < -0.4 is 15.0 Å². The average molecular weight is 567 g/mol. The van der Waals surface area contributed by atoms with Gasteiger partial charge < -0.3 is 25.0 Å². The maximum Gasteiger partial charge on any atom is 0.276 e. The molecule has 3 heterocycles. The van der Waals surface area contributed by atoms with E-state index in [0.717, 1.165) is 16.7 Å². The summed E-state index contributed by atoms with van der Waals surface area (Å²) >= 11 is 0. The summed E-state index contributed by atoms with van der Waals surface area (Å²) in [6, 6.07) is 18.0. The molecule has 10 nitrogen and oxygen atoms in total. The van der Waals surface area contributed by atoms with Gasteiger partial charge in [-0.05, 0) is 71.1 Å². The molecule has 2 aromatic heterocycles. The van der Waals surface area contributed by atoms with E-state index in [2.05, 4.69) is 46.2 Å². The lowest BCUT2D eigenvalue weighted by Crippen LogP contribution is -2.49. The van der Waals surface area contributed by atoms with Crippen molar-refractivity contribution in [3.63, 3.8) is 0 Å². The maximum atomic E-state index is 13.6. The minimum atomic E-state index is -0.354. The smallest absolute Gasteiger partial charge is 0.276 e. The largest absolute Gasteiger partial charge is 0.506 e. The Labute approximate surface area is 245 Å². The number of pyridine rings is 1. The summed E-state index contributed by atoms with van der Waals surface area (Å²) in [5.41, 5.74) is 3.87. The van der Waals surface area contributed by atoms with Gasteiger partial charge in [0.1, 0.15) is 11.5 Å². The van der Waals surface area contributed by atoms with Crippen LogP contribution >= 0.6 is 0 Å². The molecule has 0 radical (unpaired) electrons. The molecule has 42 heavy (non-hydrogen) atoms. The third-order valence-electron chi connectivity index (χ3n) is 7.23. The zero-order chi connectivity index (χ0) is 29.9. The number of hydrogen-bond acceptors (Lipinski definition) is 8. The van der Waals surface area contributed by atoms with E-state index < -0.39 is 0 Å². The van der Waals surface area contributed by atoms with Crippen molar-refractivity contribution in [2.45, 2.75) is 26.2 Å². The Hall–Kier alpha value is -4.99. The van der Waals surface area contributed by atoms with Gasteiger partial charge in [0.15, 0.2) is 11.5 Å². The van der Waals surface area contributed by atoms with Crippen LogP contribution in [0.4, 0.5) is 11.5 Å². The van der Waals surface area contributed by atoms with E-state index >= 15 is 0 Å². The van der Waals surface area contributed by atoms with Crippen LogP contribution in [-0.4, -0.2) is 70.3 Å². The fourth-order valence-corrected chi connectivity index (χ4v) is 4.74. The monoisotopic (exact) mass is 566 g/mol. The van der Waals surface area contributed by atoms with Crippen LogP contribution in [0.1, 0.15) is 47.2 Å². The number of hydrogen-bond donors (Lipinski definition) is 2. The normalized spacial score (nSPS) is 13.5. The van der Waals surface area contributed by atoms with Gasteiger partial charge in [-0.2, -0.15) is 0 Å². The van der Waals surface area contributed by atoms with Crippen molar-refractivity contribution < 1.29 is 19.4 Å². The Kier molecular flexibility index (Phi) is 8.06. The Balaban J connectivity index is 1.24. The van der Waals surface area contributed by atoms with Crippen molar-refractivity contribution in [1.29, 1.82) is 0 Å². The second-order valence-electron chi connectivity index (χ2n) is 11.2. The van der Waals surface area contributed by atoms with Crippen molar-refractivity contribution in [2.24, 2.45) is 0 Å². The van der Waals surface area contributed by atoms with E-state index in [4.69, 9.17) is 4.74 Å². The molecule has 1 aliphatic heterocycles. The van der Waals surface area contributed by atoms with Gasteiger partial charge in [-0.15, -0.1) is 10.2 Å². The molecule has 0 spiro atoms. The van der Waals surface area contributed by atoms with Gasteiger partial charge in [0, 0.05) is 49.2 Å². The van der Waals surface area contributed by atoms with Crippen molar-refractivity contribution in [3.8, 4) is 22.6 Å². The van der Waals surface area contributed by atoms with Gasteiger partial charge in [0.05, 0.1) is 13.3 Å². The molecule has 0 aliphatic carbocycles. The predicted molar refractivity (Wildman–Crippen MR) is 161 cm³/mol. The van der Waals surface area contributed by atoms with Gasteiger partial charge in [-0.25, -0.2) is 0 Å². The van der Waals surface area contributed by atoms with Crippen LogP contribution in [0, 0.1) is 0 Å². The molecule has 2 N–H and O–H groups in total. The van der Waals surface area contributed by atoms with Gasteiger partial charge in [0.25, 0.3) is 11.8 Å². The molecule has 0 bridgehead atoms. The number of amides is 2. The lowest BCUT2D eigenvalue weighted by atomic mass is 9.84. The van der Waals surface area contributed by atoms with E-state index in [-0.39, 0.29) is 28.7 Å². The molecular formula is C32H34N6O4. The van der Waals surface area contributed by atoms with Crippen LogP contribution in [0.5, 0.6) is 11.5 Å². The fraction of sp³-hybridized carbons (Fsp3) is 0.281. The Morgan fingerprint density at radius 3 is 2.24 bits per heavy atom. The Bertz CT molecular complexity index is 1570. The average Bonchev–Trinajstić information content (AvgIpc) is 3.00. The minimum Gasteiger partial charge on any atom is -0.506 e. The SMILES string of the molecule is COc1ccc(NC(=O)c2ccc(N3CCN(C(=O)c4cc(-c5cncc(O)c5)cc(C(C)(C)C)c4)CC3)nn2)cc1. The van der Waals surface area contributed by atoms with Crippen molar-refractivity contribution in [2.75, 3.05) is 43.5 Å². The van der Waals surface area contributed by atoms with Gasteiger partial charge in [0.2, 0.25) is 0 Å². The summed E-state index contributed by atoms with van der Waals surface area (Å²) in [4.78, 5) is 34.2. The topological polar surface area (TPSA) is 121 Å². The molecule has 2 aromatic carbocycles. The molecule has 0 atom stereocenters. The number of carbonyl (C=O) groups is 2. The second-order valence-corrected chi connectivity index (χ2v) is 11.2. The van der Waals surface area contributed by atoms with E-state index in [0.29, 0.717) is 49.0 Å². The van der Waals surface area contributed by atoms with Gasteiger partial charge >= 0.3 is 0 Å². The molecule has 10 heteroatoms. The van der Waals surface area contributed by atoms with Crippen LogP contribution in [0.15, 0.2) is 73.1 Å². The summed E-state index contributed by atoms with van der Waals surface area (Å²) in [6.45, 7) is 8.52. The Morgan fingerprint density at radius 2 is 1.62 bits per heavy atom. The highest BCUT2D eigenvalue weighted by molar-refractivity contribution is 6.02. The zero-order valence-corrected chi connectivity index (χ0v) is 24.2. The van der Waals surface area contributed by atoms with Crippen LogP contribution in [0.25, 0.3) is 11.1 Å². The number of anilines is 2. The molecule has 1 saturated heterocycles. The number of ether oxygens (including phenoxy) is 1. The Morgan fingerprint density at radius 1 is 0.881 bits per heavy atom. The van der Waals surface area contributed by atoms with Crippen molar-refractivity contribution in [3.05, 3.63) is 89.9 Å². The number of nitrogens with zero attached hydrogens (tertiary/aromatic N) is 5. The number of benzene rings is 2. The molecule has 216 valence electrons. The summed E-state index contributed by atoms with van der Waals surface area (Å²) in [5, 5.41) is 21.2. The quantitative estimate of drug-likeness (QED) is 0.343. The lowest BCUT2D eigenvalue weighted by molar-refractivity contribution is 0.0746. The lowest BCUT2D eigenvalue weighted by Gasteiger charge is -2.35. The number of aromatic hydroxyl groups is 1. The molecule has 4 aromatic rings. The van der Waals surface area contributed by atoms with E-state index in [1.165, 1.54) is 6.20 Å². The third kappa shape index (κ3) is 6.49. The zero-order valence-electron chi connectivity index (χ0n) is 24.2. The first-order chi connectivity index (χ1) is 20.1. The highest BCUT2D eigenvalue weighted by Gasteiger charge is 2.25. The summed E-state index contributed by atoms with van der Waals surface area (Å²) in [7, 11) is 1.58. The van der Waals surface area contributed by atoms with Crippen LogP contribution in [-0.2, 0) is 5.41 Å². The number of rotatable bonds is 6. The van der Waals surface area contributed by atoms with Crippen LogP contribution in [0.2, 0.25) is 0 Å².